The van der Waals surface area contributed by atoms with Crippen molar-refractivity contribution in [2.24, 2.45) is 0 Å². The predicted molar refractivity (Wildman–Crippen MR) is 124 cm³/mol. The Labute approximate surface area is 198 Å². The van der Waals surface area contributed by atoms with Crippen molar-refractivity contribution in [3.05, 3.63) is 91.6 Å². The number of allylic oxidation sites excluding steroid dienone is 1. The Kier molecular flexibility index (Phi) is 5.67. The summed E-state index contributed by atoms with van der Waals surface area (Å²) in [5, 5.41) is 0.636. The van der Waals surface area contributed by atoms with Crippen LogP contribution >= 0.6 is 27.5 Å². The van der Waals surface area contributed by atoms with E-state index in [1.807, 2.05) is 37.3 Å². The Morgan fingerprint density at radius 1 is 1.16 bits per heavy atom. The molecule has 0 saturated carbocycles. The van der Waals surface area contributed by atoms with Crippen LogP contribution in [0.4, 0.5) is 0 Å². The van der Waals surface area contributed by atoms with Gasteiger partial charge in [0.15, 0.2) is 12.6 Å². The van der Waals surface area contributed by atoms with Crippen molar-refractivity contribution in [3.8, 4) is 17.2 Å². The molecule has 0 aromatic heterocycles. The van der Waals surface area contributed by atoms with Gasteiger partial charge in [-0.1, -0.05) is 39.7 Å². The lowest BCUT2D eigenvalue weighted by molar-refractivity contribution is -0.0176. The molecule has 0 amide bonds. The Bertz CT molecular complexity index is 1250. The number of hydrogen-bond donors (Lipinski definition) is 0. The Balaban J connectivity index is 1.38. The van der Waals surface area contributed by atoms with Crippen molar-refractivity contribution in [3.63, 3.8) is 0 Å². The topological polar surface area (TPSA) is 54.0 Å². The van der Waals surface area contributed by atoms with Crippen LogP contribution in [0.1, 0.15) is 32.6 Å². The molecule has 5 rings (SSSR count). The summed E-state index contributed by atoms with van der Waals surface area (Å²) in [5.41, 5.74) is 4.07. The lowest BCUT2D eigenvalue weighted by Crippen LogP contribution is -2.14. The average molecular weight is 514 g/mol. The number of carbonyl (C=O) groups excluding carboxylic acids is 1. The zero-order valence-corrected chi connectivity index (χ0v) is 19.5. The SMILES string of the molecule is Cc1cc(OCc2cc(Br)cc3c2OCOC3)cc2c1C(=O)/C(=C/c1ccc(Cl)cc1)O2. The normalized spacial score (nSPS) is 15.7. The summed E-state index contributed by atoms with van der Waals surface area (Å²) < 4.78 is 23.9. The molecule has 2 aliphatic heterocycles. The monoisotopic (exact) mass is 512 g/mol. The molecule has 5 nitrogen and oxygen atoms in total. The van der Waals surface area contributed by atoms with Crippen molar-refractivity contribution in [1.29, 1.82) is 0 Å². The molecule has 0 aliphatic carbocycles. The first-order valence-electron chi connectivity index (χ1n) is 9.97. The van der Waals surface area contributed by atoms with Gasteiger partial charge in [0.25, 0.3) is 0 Å². The molecule has 32 heavy (non-hydrogen) atoms. The maximum atomic E-state index is 12.9. The molecule has 2 heterocycles. The molecule has 0 radical (unpaired) electrons. The third-order valence-corrected chi connectivity index (χ3v) is 5.97. The zero-order chi connectivity index (χ0) is 22.2. The summed E-state index contributed by atoms with van der Waals surface area (Å²) in [4.78, 5) is 12.9. The summed E-state index contributed by atoms with van der Waals surface area (Å²) in [6.45, 7) is 2.90. The fraction of sp³-hybridized carbons (Fsp3) is 0.160. The maximum absolute atomic E-state index is 12.9. The van der Waals surface area contributed by atoms with Gasteiger partial charge in [0.05, 0.1) is 12.2 Å². The number of aryl methyl sites for hydroxylation is 1. The van der Waals surface area contributed by atoms with Crippen molar-refractivity contribution < 1.29 is 23.7 Å². The fourth-order valence-electron chi connectivity index (χ4n) is 3.80. The van der Waals surface area contributed by atoms with E-state index in [1.165, 1.54) is 0 Å². The first-order valence-corrected chi connectivity index (χ1v) is 11.1. The Morgan fingerprint density at radius 2 is 1.97 bits per heavy atom. The number of ketones is 1. The lowest BCUT2D eigenvalue weighted by atomic mass is 10.0. The van der Waals surface area contributed by atoms with Crippen molar-refractivity contribution >= 4 is 39.4 Å². The summed E-state index contributed by atoms with van der Waals surface area (Å²) in [5.74, 6) is 2.02. The van der Waals surface area contributed by atoms with E-state index in [2.05, 4.69) is 15.9 Å². The minimum absolute atomic E-state index is 0.145. The second-order valence-corrected chi connectivity index (χ2v) is 8.91. The number of carbonyl (C=O) groups is 1. The predicted octanol–water partition coefficient (Wildman–Crippen LogP) is 6.47. The standard InChI is InChI=1S/C25H18BrClO5/c1-14-6-20(30-12-17-9-18(26)8-16-11-29-13-31-25(16)17)10-21-23(14)24(28)22(32-21)7-15-2-4-19(27)5-3-15/h2-10H,11-13H2,1H3/b22-7-. The summed E-state index contributed by atoms with van der Waals surface area (Å²) in [7, 11) is 0. The van der Waals surface area contributed by atoms with E-state index in [-0.39, 0.29) is 18.3 Å². The van der Waals surface area contributed by atoms with E-state index in [4.69, 9.17) is 30.5 Å². The number of ether oxygens (including phenoxy) is 4. The highest BCUT2D eigenvalue weighted by Crippen LogP contribution is 2.38. The molecule has 162 valence electrons. The van der Waals surface area contributed by atoms with E-state index < -0.39 is 0 Å². The third-order valence-electron chi connectivity index (χ3n) is 5.26. The molecule has 3 aromatic carbocycles. The average Bonchev–Trinajstić information content (AvgIpc) is 3.09. The Hall–Kier alpha value is -2.80. The van der Waals surface area contributed by atoms with E-state index >= 15 is 0 Å². The zero-order valence-electron chi connectivity index (χ0n) is 17.1. The van der Waals surface area contributed by atoms with Gasteiger partial charge in [-0.25, -0.2) is 0 Å². The van der Waals surface area contributed by atoms with Crippen molar-refractivity contribution in [2.45, 2.75) is 20.1 Å². The molecule has 0 spiro atoms. The lowest BCUT2D eigenvalue weighted by Gasteiger charge is -2.21. The molecule has 0 saturated heterocycles. The van der Waals surface area contributed by atoms with Crippen LogP contribution in [0.15, 0.2) is 58.8 Å². The van der Waals surface area contributed by atoms with Gasteiger partial charge < -0.3 is 18.9 Å². The van der Waals surface area contributed by atoms with E-state index in [0.29, 0.717) is 35.3 Å². The number of rotatable bonds is 4. The fourth-order valence-corrected chi connectivity index (χ4v) is 4.47. The van der Waals surface area contributed by atoms with Crippen LogP contribution in [0.2, 0.25) is 5.02 Å². The largest absolute Gasteiger partial charge is 0.489 e. The van der Waals surface area contributed by atoms with Crippen LogP contribution in [-0.2, 0) is 18.0 Å². The van der Waals surface area contributed by atoms with Crippen LogP contribution in [0, 0.1) is 6.92 Å². The second-order valence-electron chi connectivity index (χ2n) is 7.56. The maximum Gasteiger partial charge on any atom is 0.232 e. The van der Waals surface area contributed by atoms with Crippen LogP contribution in [-0.4, -0.2) is 12.6 Å². The molecule has 0 unspecified atom stereocenters. The molecular formula is C25H18BrClO5. The van der Waals surface area contributed by atoms with Gasteiger partial charge in [0.2, 0.25) is 5.78 Å². The number of Topliss-reactive ketones (excluding diaryl/α,β-unsaturated/α-hetero) is 1. The van der Waals surface area contributed by atoms with Crippen LogP contribution in [0.5, 0.6) is 17.2 Å². The van der Waals surface area contributed by atoms with Crippen molar-refractivity contribution in [1.82, 2.24) is 0 Å². The smallest absolute Gasteiger partial charge is 0.232 e. The molecule has 3 aromatic rings. The van der Waals surface area contributed by atoms with Gasteiger partial charge in [-0.3, -0.25) is 4.79 Å². The van der Waals surface area contributed by atoms with E-state index in [0.717, 1.165) is 32.5 Å². The first kappa shape index (κ1) is 21.1. The van der Waals surface area contributed by atoms with Gasteiger partial charge in [0.1, 0.15) is 23.9 Å². The second kappa shape index (κ2) is 8.62. The number of halogens is 2. The van der Waals surface area contributed by atoms with Gasteiger partial charge in [-0.15, -0.1) is 0 Å². The van der Waals surface area contributed by atoms with Crippen molar-refractivity contribution in [2.75, 3.05) is 6.79 Å². The minimum Gasteiger partial charge on any atom is -0.489 e. The number of fused-ring (bicyclic) bond motifs is 2. The quantitative estimate of drug-likeness (QED) is 0.374. The van der Waals surface area contributed by atoms with E-state index in [9.17, 15) is 4.79 Å². The van der Waals surface area contributed by atoms with Crippen LogP contribution in [0.25, 0.3) is 6.08 Å². The highest BCUT2D eigenvalue weighted by Gasteiger charge is 2.30. The molecular weight excluding hydrogens is 496 g/mol. The minimum atomic E-state index is -0.145. The number of hydrogen-bond acceptors (Lipinski definition) is 5. The summed E-state index contributed by atoms with van der Waals surface area (Å²) >= 11 is 9.47. The number of benzene rings is 3. The summed E-state index contributed by atoms with van der Waals surface area (Å²) in [6.07, 6.45) is 1.71. The van der Waals surface area contributed by atoms with Crippen LogP contribution < -0.4 is 14.2 Å². The van der Waals surface area contributed by atoms with Gasteiger partial charge in [0, 0.05) is 26.7 Å². The Morgan fingerprint density at radius 3 is 2.78 bits per heavy atom. The van der Waals surface area contributed by atoms with Crippen LogP contribution in [0.3, 0.4) is 0 Å². The molecule has 0 fully saturated rings. The third kappa shape index (κ3) is 4.13. The van der Waals surface area contributed by atoms with Gasteiger partial charge in [-0.05, 0) is 54.5 Å². The molecule has 0 atom stereocenters. The highest BCUT2D eigenvalue weighted by molar-refractivity contribution is 9.10. The summed E-state index contributed by atoms with van der Waals surface area (Å²) in [6, 6.07) is 14.8. The highest BCUT2D eigenvalue weighted by atomic mass is 79.9. The molecule has 0 N–H and O–H groups in total. The van der Waals surface area contributed by atoms with Gasteiger partial charge in [-0.2, -0.15) is 0 Å². The molecule has 2 aliphatic rings. The first-order chi connectivity index (χ1) is 15.5. The molecule has 7 heteroatoms. The molecule has 0 bridgehead atoms. The van der Waals surface area contributed by atoms with E-state index in [1.54, 1.807) is 24.3 Å². The van der Waals surface area contributed by atoms with Gasteiger partial charge >= 0.3 is 0 Å².